The summed E-state index contributed by atoms with van der Waals surface area (Å²) in [7, 11) is 0. The van der Waals surface area contributed by atoms with Crippen molar-refractivity contribution < 1.29 is 4.74 Å². The van der Waals surface area contributed by atoms with Crippen molar-refractivity contribution in [3.05, 3.63) is 39.6 Å². The number of hydrogen-bond acceptors (Lipinski definition) is 4. The van der Waals surface area contributed by atoms with Gasteiger partial charge in [0.1, 0.15) is 0 Å². The van der Waals surface area contributed by atoms with Gasteiger partial charge in [-0.2, -0.15) is 0 Å². The van der Waals surface area contributed by atoms with Crippen LogP contribution < -0.4 is 0 Å². The van der Waals surface area contributed by atoms with Gasteiger partial charge in [-0.1, -0.05) is 0 Å². The quantitative estimate of drug-likeness (QED) is 0.765. The normalized spacial score (nSPS) is 21.2. The maximum Gasteiger partial charge on any atom is 0.0952 e. The first-order valence-corrected chi connectivity index (χ1v) is 9.94. The largest absolute Gasteiger partial charge is 0.381 e. The second-order valence-electron chi connectivity index (χ2n) is 7.21. The molecule has 2 aliphatic rings. The molecule has 0 saturated heterocycles. The van der Waals surface area contributed by atoms with Crippen molar-refractivity contribution in [3.63, 3.8) is 0 Å². The van der Waals surface area contributed by atoms with Crippen LogP contribution in [0.25, 0.3) is 0 Å². The number of imidazole rings is 1. The Kier molecular flexibility index (Phi) is 4.74. The predicted octanol–water partition coefficient (Wildman–Crippen LogP) is 3.80. The molecule has 4 nitrogen and oxygen atoms in total. The molecule has 24 heavy (non-hydrogen) atoms. The van der Waals surface area contributed by atoms with Gasteiger partial charge in [-0.05, 0) is 44.7 Å². The van der Waals surface area contributed by atoms with Crippen molar-refractivity contribution in [3.8, 4) is 0 Å². The number of fused-ring (bicyclic) bond motifs is 1. The highest BCUT2D eigenvalue weighted by molar-refractivity contribution is 7.11. The summed E-state index contributed by atoms with van der Waals surface area (Å²) in [6, 6.07) is 4.48. The minimum Gasteiger partial charge on any atom is -0.381 e. The van der Waals surface area contributed by atoms with Crippen LogP contribution in [0.1, 0.15) is 46.8 Å². The zero-order valence-corrected chi connectivity index (χ0v) is 15.5. The lowest BCUT2D eigenvalue weighted by atomic mass is 9.98. The standard InChI is InChI=1S/C19H27N3OS/c1-3-23-12-16-9-21(10-17-7-4-14(2)24-17)11-18-19(16)22(13-20-18)8-15-5-6-15/h4,7,13,15-16H,3,5-6,8-12H2,1-2H3/t16-/m0/s1. The fourth-order valence-electron chi connectivity index (χ4n) is 3.73. The van der Waals surface area contributed by atoms with Gasteiger partial charge in [0.25, 0.3) is 0 Å². The number of aryl methyl sites for hydroxylation is 1. The Bertz CT molecular complexity index is 689. The number of ether oxygens (including phenoxy) is 1. The van der Waals surface area contributed by atoms with Crippen LogP contribution in [0.3, 0.4) is 0 Å². The summed E-state index contributed by atoms with van der Waals surface area (Å²) >= 11 is 1.91. The predicted molar refractivity (Wildman–Crippen MR) is 97.4 cm³/mol. The van der Waals surface area contributed by atoms with E-state index >= 15 is 0 Å². The SMILES string of the molecule is CCOC[C@@H]1CN(Cc2ccc(C)s2)Cc2ncn(CC3CC3)c21. The van der Waals surface area contributed by atoms with Gasteiger partial charge in [-0.3, -0.25) is 4.90 Å². The van der Waals surface area contributed by atoms with E-state index in [9.17, 15) is 0 Å². The monoisotopic (exact) mass is 345 g/mol. The molecule has 0 spiro atoms. The van der Waals surface area contributed by atoms with E-state index in [1.807, 2.05) is 11.3 Å². The van der Waals surface area contributed by atoms with Gasteiger partial charge in [-0.25, -0.2) is 4.98 Å². The van der Waals surface area contributed by atoms with Gasteiger partial charge in [0.05, 0.1) is 18.6 Å². The first-order valence-electron chi connectivity index (χ1n) is 9.12. The Hall–Kier alpha value is -1.17. The van der Waals surface area contributed by atoms with Crippen LogP contribution in [0.2, 0.25) is 0 Å². The van der Waals surface area contributed by atoms with Crippen LogP contribution in [0.15, 0.2) is 18.5 Å². The minimum absolute atomic E-state index is 0.441. The summed E-state index contributed by atoms with van der Waals surface area (Å²) in [5.41, 5.74) is 2.70. The molecule has 0 amide bonds. The van der Waals surface area contributed by atoms with Crippen molar-refractivity contribution in [2.24, 2.45) is 5.92 Å². The molecule has 1 atom stereocenters. The van der Waals surface area contributed by atoms with E-state index in [-0.39, 0.29) is 0 Å². The molecular weight excluding hydrogens is 318 g/mol. The van der Waals surface area contributed by atoms with Crippen LogP contribution in [-0.4, -0.2) is 34.2 Å². The first-order chi connectivity index (χ1) is 11.7. The molecule has 2 aromatic heterocycles. The van der Waals surface area contributed by atoms with Crippen molar-refractivity contribution in [2.75, 3.05) is 19.8 Å². The molecule has 4 rings (SSSR count). The van der Waals surface area contributed by atoms with E-state index in [2.05, 4.69) is 41.8 Å². The highest BCUT2D eigenvalue weighted by Crippen LogP contribution is 2.35. The zero-order chi connectivity index (χ0) is 16.5. The Morgan fingerprint density at radius 2 is 2.21 bits per heavy atom. The minimum atomic E-state index is 0.441. The van der Waals surface area contributed by atoms with Crippen molar-refractivity contribution in [1.82, 2.24) is 14.5 Å². The van der Waals surface area contributed by atoms with Gasteiger partial charge in [0, 0.05) is 54.2 Å². The molecule has 0 N–H and O–H groups in total. The van der Waals surface area contributed by atoms with Crippen LogP contribution in [0, 0.1) is 12.8 Å². The lowest BCUT2D eigenvalue weighted by Gasteiger charge is -2.33. The zero-order valence-electron chi connectivity index (χ0n) is 14.7. The van der Waals surface area contributed by atoms with Gasteiger partial charge in [0.15, 0.2) is 0 Å². The van der Waals surface area contributed by atoms with E-state index in [1.165, 1.54) is 34.0 Å². The van der Waals surface area contributed by atoms with E-state index in [1.54, 1.807) is 0 Å². The third-order valence-electron chi connectivity index (χ3n) is 5.05. The molecule has 1 aliphatic carbocycles. The number of rotatable bonds is 7. The van der Waals surface area contributed by atoms with E-state index in [0.717, 1.165) is 45.3 Å². The second-order valence-corrected chi connectivity index (χ2v) is 8.58. The summed E-state index contributed by atoms with van der Waals surface area (Å²) in [6.45, 7) is 10.1. The van der Waals surface area contributed by atoms with Crippen molar-refractivity contribution in [1.29, 1.82) is 0 Å². The van der Waals surface area contributed by atoms with Crippen LogP contribution >= 0.6 is 11.3 Å². The van der Waals surface area contributed by atoms with Gasteiger partial charge in [-0.15, -0.1) is 11.3 Å². The van der Waals surface area contributed by atoms with Crippen LogP contribution in [-0.2, 0) is 24.4 Å². The van der Waals surface area contributed by atoms with Crippen molar-refractivity contribution >= 4 is 11.3 Å². The average molecular weight is 346 g/mol. The molecule has 1 aliphatic heterocycles. The number of thiophene rings is 1. The molecule has 1 saturated carbocycles. The third-order valence-corrected chi connectivity index (χ3v) is 6.03. The molecule has 0 bridgehead atoms. The average Bonchev–Trinajstić information content (AvgIpc) is 3.16. The maximum atomic E-state index is 5.81. The molecule has 0 radical (unpaired) electrons. The topological polar surface area (TPSA) is 30.3 Å². The fourth-order valence-corrected chi connectivity index (χ4v) is 4.66. The molecule has 2 aromatic rings. The maximum absolute atomic E-state index is 5.81. The second kappa shape index (κ2) is 6.98. The summed E-state index contributed by atoms with van der Waals surface area (Å²) in [5, 5.41) is 0. The molecule has 3 heterocycles. The van der Waals surface area contributed by atoms with Crippen molar-refractivity contribution in [2.45, 2.75) is 52.2 Å². The van der Waals surface area contributed by atoms with Crippen LogP contribution in [0.4, 0.5) is 0 Å². The Balaban J connectivity index is 1.53. The molecule has 0 unspecified atom stereocenters. The van der Waals surface area contributed by atoms with Gasteiger partial charge in [0.2, 0.25) is 0 Å². The summed E-state index contributed by atoms with van der Waals surface area (Å²) in [4.78, 5) is 10.1. The highest BCUT2D eigenvalue weighted by Gasteiger charge is 2.32. The van der Waals surface area contributed by atoms with E-state index in [0.29, 0.717) is 5.92 Å². The molecular formula is C19H27N3OS. The summed E-state index contributed by atoms with van der Waals surface area (Å²) in [5.74, 6) is 1.32. The molecule has 5 heteroatoms. The number of hydrogen-bond donors (Lipinski definition) is 0. The number of aromatic nitrogens is 2. The third kappa shape index (κ3) is 3.58. The Morgan fingerprint density at radius 3 is 2.92 bits per heavy atom. The first kappa shape index (κ1) is 16.3. The number of nitrogens with zero attached hydrogens (tertiary/aromatic N) is 3. The van der Waals surface area contributed by atoms with E-state index in [4.69, 9.17) is 9.72 Å². The van der Waals surface area contributed by atoms with Crippen LogP contribution in [0.5, 0.6) is 0 Å². The molecule has 130 valence electrons. The molecule has 0 aromatic carbocycles. The van der Waals surface area contributed by atoms with Gasteiger partial charge >= 0.3 is 0 Å². The summed E-state index contributed by atoms with van der Waals surface area (Å²) in [6.07, 6.45) is 4.83. The Labute approximate surface area is 148 Å². The Morgan fingerprint density at radius 1 is 1.33 bits per heavy atom. The van der Waals surface area contributed by atoms with E-state index < -0.39 is 0 Å². The summed E-state index contributed by atoms with van der Waals surface area (Å²) < 4.78 is 8.23. The lowest BCUT2D eigenvalue weighted by molar-refractivity contribution is 0.102. The lowest BCUT2D eigenvalue weighted by Crippen LogP contribution is -2.36. The smallest absolute Gasteiger partial charge is 0.0952 e. The highest BCUT2D eigenvalue weighted by atomic mass is 32.1. The van der Waals surface area contributed by atoms with Gasteiger partial charge < -0.3 is 9.30 Å². The fraction of sp³-hybridized carbons (Fsp3) is 0.632. The molecule has 1 fully saturated rings.